The average molecular weight is 470 g/mol. The van der Waals surface area contributed by atoms with Gasteiger partial charge in [-0.2, -0.15) is 4.57 Å². The number of nitrogens with zero attached hydrogens (tertiary/aromatic N) is 1. The number of hydrogen-bond acceptors (Lipinski definition) is 1. The SMILES string of the molecule is [2H]C([2H])([2H])c1cc2c(oc3ccccc32)c(-c2cc([Si](C)(C)C)c3ccc(CC(C)C)cc3[n+]2C)c1C. The highest BCUT2D eigenvalue weighted by atomic mass is 28.3. The van der Waals surface area contributed by atoms with Crippen LogP contribution in [0.4, 0.5) is 0 Å². The second-order valence-corrected chi connectivity index (χ2v) is 16.1. The summed E-state index contributed by atoms with van der Waals surface area (Å²) in [6.07, 6.45) is 1.02. The largest absolute Gasteiger partial charge is 0.455 e. The van der Waals surface area contributed by atoms with E-state index >= 15 is 0 Å². The van der Waals surface area contributed by atoms with E-state index in [4.69, 9.17) is 8.53 Å². The molecule has 0 bridgehead atoms. The van der Waals surface area contributed by atoms with Gasteiger partial charge >= 0.3 is 0 Å². The van der Waals surface area contributed by atoms with Crippen molar-refractivity contribution in [3.05, 3.63) is 71.3 Å². The number of para-hydroxylation sites is 1. The molecule has 0 saturated heterocycles. The smallest absolute Gasteiger partial charge is 0.216 e. The van der Waals surface area contributed by atoms with Gasteiger partial charge in [0.2, 0.25) is 11.2 Å². The molecule has 0 aliphatic carbocycles. The molecule has 0 unspecified atom stereocenters. The van der Waals surface area contributed by atoms with Crippen molar-refractivity contribution in [2.24, 2.45) is 13.0 Å². The first-order valence-electron chi connectivity index (χ1n) is 13.7. The van der Waals surface area contributed by atoms with Crippen molar-refractivity contribution in [3.63, 3.8) is 0 Å². The Morgan fingerprint density at radius 3 is 2.44 bits per heavy atom. The molecule has 174 valence electrons. The first-order chi connectivity index (χ1) is 17.3. The summed E-state index contributed by atoms with van der Waals surface area (Å²) in [6, 6.07) is 18.9. The molecule has 0 aliphatic heterocycles. The molecule has 3 aromatic carbocycles. The van der Waals surface area contributed by atoms with Gasteiger partial charge in [-0.1, -0.05) is 57.8 Å². The number of rotatable bonds is 4. The Morgan fingerprint density at radius 1 is 0.971 bits per heavy atom. The summed E-state index contributed by atoms with van der Waals surface area (Å²) < 4.78 is 33.7. The van der Waals surface area contributed by atoms with Gasteiger partial charge in [0.1, 0.15) is 18.2 Å². The van der Waals surface area contributed by atoms with E-state index in [0.717, 1.165) is 45.2 Å². The van der Waals surface area contributed by atoms with Gasteiger partial charge in [-0.25, -0.2) is 0 Å². The number of pyridine rings is 1. The second-order valence-electron chi connectivity index (χ2n) is 11.1. The van der Waals surface area contributed by atoms with Crippen LogP contribution in [-0.2, 0) is 13.5 Å². The van der Waals surface area contributed by atoms with E-state index in [1.807, 2.05) is 37.3 Å². The number of furan rings is 1. The number of hydrogen-bond donors (Lipinski definition) is 0. The summed E-state index contributed by atoms with van der Waals surface area (Å²) >= 11 is 0. The third-order valence-electron chi connectivity index (χ3n) is 6.99. The standard InChI is InChI=1S/C31H36NOSi/c1-19(2)15-22-13-14-24-26(17-22)32(5)27(18-29(24)34(6,7)8)30-21(4)20(3)16-25-23-11-9-10-12-28(23)33-31(25)30/h9-14,16-19H,15H2,1-8H3/q+1/i3D3. The predicted molar refractivity (Wildman–Crippen MR) is 149 cm³/mol. The summed E-state index contributed by atoms with van der Waals surface area (Å²) in [6.45, 7) is 11.3. The zero-order valence-corrected chi connectivity index (χ0v) is 22.3. The van der Waals surface area contributed by atoms with Crippen LogP contribution in [0.2, 0.25) is 19.6 Å². The molecular weight excluding hydrogens is 430 g/mol. The van der Waals surface area contributed by atoms with Crippen molar-refractivity contribution >= 4 is 46.1 Å². The summed E-state index contributed by atoms with van der Waals surface area (Å²) in [5, 5.41) is 4.45. The summed E-state index contributed by atoms with van der Waals surface area (Å²) in [4.78, 5) is 0. The molecule has 34 heavy (non-hydrogen) atoms. The minimum Gasteiger partial charge on any atom is -0.455 e. The molecule has 0 fully saturated rings. The fourth-order valence-corrected chi connectivity index (χ4v) is 6.83. The van der Waals surface area contributed by atoms with Crippen molar-refractivity contribution in [2.45, 2.75) is 53.7 Å². The average Bonchev–Trinajstić information content (AvgIpc) is 3.16. The molecule has 5 aromatic rings. The lowest BCUT2D eigenvalue weighted by Gasteiger charge is -2.21. The highest BCUT2D eigenvalue weighted by Crippen LogP contribution is 2.38. The minimum absolute atomic E-state index is 0.379. The van der Waals surface area contributed by atoms with Gasteiger partial charge in [0.15, 0.2) is 0 Å². The maximum atomic E-state index is 8.33. The lowest BCUT2D eigenvalue weighted by atomic mass is 9.95. The van der Waals surface area contributed by atoms with Gasteiger partial charge in [0.05, 0.1) is 13.6 Å². The van der Waals surface area contributed by atoms with Crippen LogP contribution in [0.5, 0.6) is 0 Å². The van der Waals surface area contributed by atoms with Crippen LogP contribution in [0.15, 0.2) is 59.0 Å². The van der Waals surface area contributed by atoms with Gasteiger partial charge < -0.3 is 4.42 Å². The molecule has 0 saturated carbocycles. The number of aromatic nitrogens is 1. The van der Waals surface area contributed by atoms with Crippen LogP contribution in [0.3, 0.4) is 0 Å². The monoisotopic (exact) mass is 469 g/mol. The lowest BCUT2D eigenvalue weighted by Crippen LogP contribution is -2.43. The van der Waals surface area contributed by atoms with E-state index < -0.39 is 14.9 Å². The molecule has 2 nitrogen and oxygen atoms in total. The fourth-order valence-electron chi connectivity index (χ4n) is 5.24. The normalized spacial score (nSPS) is 14.2. The molecule has 5 rings (SSSR count). The van der Waals surface area contributed by atoms with Crippen LogP contribution in [-0.4, -0.2) is 8.07 Å². The molecule has 0 atom stereocenters. The maximum absolute atomic E-state index is 8.33. The van der Waals surface area contributed by atoms with E-state index in [-0.39, 0.29) is 0 Å². The molecule has 0 spiro atoms. The molecule has 0 radical (unpaired) electrons. The van der Waals surface area contributed by atoms with E-state index in [9.17, 15) is 0 Å². The zero-order chi connectivity index (χ0) is 26.9. The van der Waals surface area contributed by atoms with Crippen LogP contribution >= 0.6 is 0 Å². The third kappa shape index (κ3) is 3.67. The third-order valence-corrected chi connectivity index (χ3v) is 9.02. The molecule has 0 aliphatic rings. The molecule has 2 aromatic heterocycles. The lowest BCUT2D eigenvalue weighted by molar-refractivity contribution is -0.633. The van der Waals surface area contributed by atoms with Crippen LogP contribution in [0.1, 0.15) is 34.7 Å². The highest BCUT2D eigenvalue weighted by molar-refractivity contribution is 6.90. The van der Waals surface area contributed by atoms with Crippen LogP contribution in [0.25, 0.3) is 44.1 Å². The van der Waals surface area contributed by atoms with Gasteiger partial charge in [0.25, 0.3) is 0 Å². The number of fused-ring (bicyclic) bond motifs is 4. The molecular formula is C31H36NOSi+. The number of benzene rings is 3. The van der Waals surface area contributed by atoms with Crippen molar-refractivity contribution in [1.82, 2.24) is 0 Å². The Bertz CT molecular complexity index is 1670. The first kappa shape index (κ1) is 19.4. The fraction of sp³-hybridized carbons (Fsp3) is 0.323. The highest BCUT2D eigenvalue weighted by Gasteiger charge is 2.29. The molecule has 2 heterocycles. The Hall–Kier alpha value is -2.91. The Balaban J connectivity index is 1.96. The zero-order valence-electron chi connectivity index (χ0n) is 24.3. The summed E-state index contributed by atoms with van der Waals surface area (Å²) in [7, 11) is 0.342. The number of aryl methyl sites for hydroxylation is 2. The summed E-state index contributed by atoms with van der Waals surface area (Å²) in [5.74, 6) is 0.566. The van der Waals surface area contributed by atoms with Gasteiger partial charge in [-0.15, -0.1) is 0 Å². The van der Waals surface area contributed by atoms with Crippen molar-refractivity contribution in [3.8, 4) is 11.3 Å². The second kappa shape index (κ2) is 8.09. The van der Waals surface area contributed by atoms with E-state index in [1.165, 1.54) is 21.7 Å². The van der Waals surface area contributed by atoms with E-state index in [2.05, 4.69) is 69.4 Å². The molecule has 0 amide bonds. The Kier molecular flexibility index (Phi) is 4.62. The van der Waals surface area contributed by atoms with Crippen molar-refractivity contribution < 1.29 is 13.1 Å². The molecule has 0 N–H and O–H groups in total. The summed E-state index contributed by atoms with van der Waals surface area (Å²) in [5.41, 5.74) is 7.02. The minimum atomic E-state index is -2.23. The Labute approximate surface area is 208 Å². The topological polar surface area (TPSA) is 17.0 Å². The van der Waals surface area contributed by atoms with E-state index in [0.29, 0.717) is 11.5 Å². The van der Waals surface area contributed by atoms with Crippen LogP contribution < -0.4 is 9.75 Å². The first-order valence-corrected chi connectivity index (χ1v) is 15.7. The van der Waals surface area contributed by atoms with Gasteiger partial charge in [-0.3, -0.25) is 0 Å². The van der Waals surface area contributed by atoms with E-state index in [1.54, 1.807) is 0 Å². The molecule has 3 heteroatoms. The van der Waals surface area contributed by atoms with Crippen LogP contribution in [0, 0.1) is 19.7 Å². The van der Waals surface area contributed by atoms with Gasteiger partial charge in [-0.05, 0) is 66.2 Å². The maximum Gasteiger partial charge on any atom is 0.216 e. The van der Waals surface area contributed by atoms with Crippen molar-refractivity contribution in [1.29, 1.82) is 0 Å². The van der Waals surface area contributed by atoms with Crippen molar-refractivity contribution in [2.75, 3.05) is 0 Å². The van der Waals surface area contributed by atoms with Gasteiger partial charge in [0, 0.05) is 32.4 Å². The Morgan fingerprint density at radius 2 is 1.74 bits per heavy atom. The predicted octanol–water partition coefficient (Wildman–Crippen LogP) is 7.59. The quantitative estimate of drug-likeness (QED) is 0.196.